The number of hydrogen-bond donors (Lipinski definition) is 2. The number of nitrogens with zero attached hydrogens (tertiary/aromatic N) is 2. The lowest BCUT2D eigenvalue weighted by molar-refractivity contribution is -0.132. The summed E-state index contributed by atoms with van der Waals surface area (Å²) in [6, 6.07) is 9.91. The molecule has 2 aliphatic heterocycles. The first-order valence-corrected chi connectivity index (χ1v) is 9.57. The van der Waals surface area contributed by atoms with E-state index in [-0.39, 0.29) is 11.9 Å². The topological polar surface area (TPSA) is 55.8 Å². The first-order chi connectivity index (χ1) is 12.1. The SMILES string of the molecule is CN(CC1CCN(C[C@H](O)c2ccccc2)CC1)C(=O)[C@H]1CCCN1. The van der Waals surface area contributed by atoms with Gasteiger partial charge in [-0.05, 0) is 56.8 Å². The molecule has 0 saturated carbocycles. The minimum atomic E-state index is -0.421. The number of benzene rings is 1. The Hall–Kier alpha value is -1.43. The molecule has 2 aliphatic rings. The number of likely N-dealkylation sites (tertiary alicyclic amines) is 1. The summed E-state index contributed by atoms with van der Waals surface area (Å²) in [4.78, 5) is 16.7. The molecule has 2 heterocycles. The number of carbonyl (C=O) groups is 1. The van der Waals surface area contributed by atoms with Gasteiger partial charge in [-0.25, -0.2) is 0 Å². The van der Waals surface area contributed by atoms with Crippen LogP contribution in [0.4, 0.5) is 0 Å². The lowest BCUT2D eigenvalue weighted by atomic mass is 9.95. The van der Waals surface area contributed by atoms with Crippen molar-refractivity contribution in [1.29, 1.82) is 0 Å². The Balaban J connectivity index is 1.40. The zero-order chi connectivity index (χ0) is 17.6. The summed E-state index contributed by atoms with van der Waals surface area (Å²) in [7, 11) is 1.94. The maximum Gasteiger partial charge on any atom is 0.239 e. The number of β-amino-alcohol motifs (C(OH)–C–C–N with tert-alkyl or cyclic N) is 1. The highest BCUT2D eigenvalue weighted by Crippen LogP contribution is 2.22. The number of carbonyl (C=O) groups excluding carboxylic acids is 1. The molecular weight excluding hydrogens is 314 g/mol. The Morgan fingerprint density at radius 3 is 2.64 bits per heavy atom. The third-order valence-electron chi connectivity index (χ3n) is 5.59. The van der Waals surface area contributed by atoms with Crippen LogP contribution >= 0.6 is 0 Å². The van der Waals surface area contributed by atoms with Gasteiger partial charge in [-0.15, -0.1) is 0 Å². The second-order valence-corrected chi connectivity index (χ2v) is 7.54. The van der Waals surface area contributed by atoms with Crippen molar-refractivity contribution < 1.29 is 9.90 Å². The van der Waals surface area contributed by atoms with Crippen LogP contribution in [-0.2, 0) is 4.79 Å². The van der Waals surface area contributed by atoms with E-state index in [2.05, 4.69) is 10.2 Å². The predicted molar refractivity (Wildman–Crippen MR) is 99.2 cm³/mol. The van der Waals surface area contributed by atoms with Crippen LogP contribution in [-0.4, -0.2) is 66.6 Å². The van der Waals surface area contributed by atoms with Crippen LogP contribution in [0.2, 0.25) is 0 Å². The molecule has 1 aromatic rings. The molecule has 0 bridgehead atoms. The minimum absolute atomic E-state index is 0.0334. The number of hydrogen-bond acceptors (Lipinski definition) is 4. The summed E-state index contributed by atoms with van der Waals surface area (Å²) in [6.07, 6.45) is 3.84. The lowest BCUT2D eigenvalue weighted by Crippen LogP contribution is -2.45. The number of nitrogens with one attached hydrogen (secondary N) is 1. The van der Waals surface area contributed by atoms with E-state index < -0.39 is 6.10 Å². The summed E-state index contributed by atoms with van der Waals surface area (Å²) in [5.74, 6) is 0.819. The van der Waals surface area contributed by atoms with Gasteiger partial charge in [-0.3, -0.25) is 4.79 Å². The van der Waals surface area contributed by atoms with Gasteiger partial charge in [0.15, 0.2) is 0 Å². The largest absolute Gasteiger partial charge is 0.387 e. The fourth-order valence-electron chi connectivity index (χ4n) is 4.02. The summed E-state index contributed by atoms with van der Waals surface area (Å²) >= 11 is 0. The van der Waals surface area contributed by atoms with Crippen molar-refractivity contribution in [2.45, 2.75) is 37.8 Å². The molecule has 25 heavy (non-hydrogen) atoms. The second-order valence-electron chi connectivity index (χ2n) is 7.54. The van der Waals surface area contributed by atoms with Crippen molar-refractivity contribution in [3.8, 4) is 0 Å². The van der Waals surface area contributed by atoms with Crippen molar-refractivity contribution in [2.75, 3.05) is 39.8 Å². The third-order valence-corrected chi connectivity index (χ3v) is 5.59. The molecule has 1 amide bonds. The van der Waals surface area contributed by atoms with E-state index in [1.807, 2.05) is 42.3 Å². The molecular formula is C20H31N3O2. The highest BCUT2D eigenvalue weighted by Gasteiger charge is 2.28. The number of amides is 1. The number of piperidine rings is 1. The van der Waals surface area contributed by atoms with Gasteiger partial charge in [0, 0.05) is 20.1 Å². The van der Waals surface area contributed by atoms with Gasteiger partial charge in [-0.1, -0.05) is 30.3 Å². The Labute approximate surface area is 151 Å². The molecule has 2 fully saturated rings. The second kappa shape index (κ2) is 8.79. The van der Waals surface area contributed by atoms with Gasteiger partial charge in [-0.2, -0.15) is 0 Å². The van der Waals surface area contributed by atoms with Crippen molar-refractivity contribution in [1.82, 2.24) is 15.1 Å². The summed E-state index contributed by atoms with van der Waals surface area (Å²) < 4.78 is 0. The summed E-state index contributed by atoms with van der Waals surface area (Å²) in [5, 5.41) is 13.7. The molecule has 3 rings (SSSR count). The molecule has 2 N–H and O–H groups in total. The summed E-state index contributed by atoms with van der Waals surface area (Å²) in [5.41, 5.74) is 0.985. The van der Waals surface area contributed by atoms with Crippen molar-refractivity contribution in [3.63, 3.8) is 0 Å². The molecule has 5 heteroatoms. The first kappa shape index (κ1) is 18.4. The molecule has 5 nitrogen and oxygen atoms in total. The molecule has 0 aliphatic carbocycles. The van der Waals surface area contributed by atoms with E-state index in [1.54, 1.807) is 0 Å². The zero-order valence-corrected chi connectivity index (χ0v) is 15.2. The fourth-order valence-corrected chi connectivity index (χ4v) is 4.02. The zero-order valence-electron chi connectivity index (χ0n) is 15.2. The van der Waals surface area contributed by atoms with Gasteiger partial charge in [0.25, 0.3) is 0 Å². The van der Waals surface area contributed by atoms with Gasteiger partial charge >= 0.3 is 0 Å². The molecule has 2 atom stereocenters. The van der Waals surface area contributed by atoms with Gasteiger partial charge in [0.2, 0.25) is 5.91 Å². The maximum atomic E-state index is 12.4. The molecule has 2 saturated heterocycles. The number of aliphatic hydroxyl groups is 1. The number of rotatable bonds is 6. The van der Waals surface area contributed by atoms with Gasteiger partial charge in [0.1, 0.15) is 0 Å². The van der Waals surface area contributed by atoms with Crippen LogP contribution in [0.25, 0.3) is 0 Å². The van der Waals surface area contributed by atoms with E-state index in [0.29, 0.717) is 12.5 Å². The van der Waals surface area contributed by atoms with E-state index in [0.717, 1.165) is 57.4 Å². The highest BCUT2D eigenvalue weighted by atomic mass is 16.3. The van der Waals surface area contributed by atoms with Crippen molar-refractivity contribution in [3.05, 3.63) is 35.9 Å². The van der Waals surface area contributed by atoms with Crippen LogP contribution in [0.15, 0.2) is 30.3 Å². The predicted octanol–water partition coefficient (Wildman–Crippen LogP) is 1.64. The smallest absolute Gasteiger partial charge is 0.239 e. The standard InChI is InChI=1S/C20H31N3O2/c1-22(20(25)18-8-5-11-21-18)14-16-9-12-23(13-10-16)15-19(24)17-6-3-2-4-7-17/h2-4,6-7,16,18-19,21,24H,5,8-15H2,1H3/t18-,19+/m1/s1. The van der Waals surface area contributed by atoms with E-state index in [1.165, 1.54) is 0 Å². The maximum absolute atomic E-state index is 12.4. The molecule has 0 unspecified atom stereocenters. The van der Waals surface area contributed by atoms with Crippen LogP contribution < -0.4 is 5.32 Å². The normalized spacial score (nSPS) is 23.5. The lowest BCUT2D eigenvalue weighted by Gasteiger charge is -2.35. The molecule has 0 radical (unpaired) electrons. The van der Waals surface area contributed by atoms with E-state index in [4.69, 9.17) is 0 Å². The first-order valence-electron chi connectivity index (χ1n) is 9.57. The minimum Gasteiger partial charge on any atom is -0.387 e. The van der Waals surface area contributed by atoms with E-state index >= 15 is 0 Å². The van der Waals surface area contributed by atoms with Crippen LogP contribution in [0, 0.1) is 5.92 Å². The van der Waals surface area contributed by atoms with Crippen molar-refractivity contribution in [2.24, 2.45) is 5.92 Å². The quantitative estimate of drug-likeness (QED) is 0.823. The van der Waals surface area contributed by atoms with Gasteiger partial charge < -0.3 is 20.2 Å². The fraction of sp³-hybridized carbons (Fsp3) is 0.650. The highest BCUT2D eigenvalue weighted by molar-refractivity contribution is 5.81. The average Bonchev–Trinajstić information content (AvgIpc) is 3.18. The van der Waals surface area contributed by atoms with Gasteiger partial charge in [0.05, 0.1) is 12.1 Å². The Kier molecular flexibility index (Phi) is 6.45. The van der Waals surface area contributed by atoms with Crippen LogP contribution in [0.1, 0.15) is 37.4 Å². The molecule has 0 spiro atoms. The Morgan fingerprint density at radius 1 is 1.28 bits per heavy atom. The van der Waals surface area contributed by atoms with E-state index in [9.17, 15) is 9.90 Å². The molecule has 0 aromatic heterocycles. The number of aliphatic hydroxyl groups excluding tert-OH is 1. The number of likely N-dealkylation sites (N-methyl/N-ethyl adjacent to an activating group) is 1. The van der Waals surface area contributed by atoms with Crippen LogP contribution in [0.3, 0.4) is 0 Å². The molecule has 138 valence electrons. The Bertz CT molecular complexity index is 537. The Morgan fingerprint density at radius 2 is 2.00 bits per heavy atom. The summed E-state index contributed by atoms with van der Waals surface area (Å²) in [6.45, 7) is 4.51. The molecule has 1 aromatic carbocycles. The van der Waals surface area contributed by atoms with Crippen molar-refractivity contribution >= 4 is 5.91 Å². The van der Waals surface area contributed by atoms with Crippen LogP contribution in [0.5, 0.6) is 0 Å². The monoisotopic (exact) mass is 345 g/mol. The average molecular weight is 345 g/mol. The third kappa shape index (κ3) is 5.03.